The quantitative estimate of drug-likeness (QED) is 0.583. The zero-order valence-electron chi connectivity index (χ0n) is 13.3. The normalized spacial score (nSPS) is 15.2. The summed E-state index contributed by atoms with van der Waals surface area (Å²) < 4.78 is 1.79. The van der Waals surface area contributed by atoms with Gasteiger partial charge in [0.25, 0.3) is 0 Å². The first-order valence-corrected chi connectivity index (χ1v) is 9.04. The number of hydrogen-bond donors (Lipinski definition) is 0. The van der Waals surface area contributed by atoms with Gasteiger partial charge in [0, 0.05) is 0 Å². The van der Waals surface area contributed by atoms with Crippen molar-refractivity contribution >= 4 is 46.3 Å². The standard InChI is InChI=1S/C11H11.C9H6N.2ClH.Cr/c1-2-9-7-10-5-3-4-6-11(10)8-9;1-2-6-9-8(4-1)5-3-7-10-9;;;/h3-8H,2H2,1H3;1-6H;2*1H;. The maximum atomic E-state index is 4.88. The Bertz CT molecular complexity index is 876. The summed E-state index contributed by atoms with van der Waals surface area (Å²) in [5.41, 5.74) is 5.53. The summed E-state index contributed by atoms with van der Waals surface area (Å²) >= 11 is 0.332. The fraction of sp³-hybridized carbons (Fsp3) is 0.150. The van der Waals surface area contributed by atoms with Gasteiger partial charge in [-0.3, -0.25) is 0 Å². The van der Waals surface area contributed by atoms with Crippen LogP contribution in [0.1, 0.15) is 29.3 Å². The minimum absolute atomic E-state index is 0. The Hall–Kier alpha value is -1.30. The van der Waals surface area contributed by atoms with Crippen LogP contribution in [-0.4, -0.2) is 4.98 Å². The predicted molar refractivity (Wildman–Crippen MR) is 103 cm³/mol. The number of rotatable bonds is 3. The summed E-state index contributed by atoms with van der Waals surface area (Å²) in [6.07, 6.45) is 3.50. The van der Waals surface area contributed by atoms with E-state index in [1.54, 1.807) is 5.57 Å². The van der Waals surface area contributed by atoms with Crippen molar-refractivity contribution < 1.29 is 15.2 Å². The van der Waals surface area contributed by atoms with Crippen LogP contribution in [0.15, 0.2) is 66.2 Å². The number of nitrogens with zero attached hydrogens (tertiary/aromatic N) is 1. The van der Waals surface area contributed by atoms with E-state index in [1.807, 2.05) is 0 Å². The molecular weight excluding hydrogens is 377 g/mol. The Kier molecular flexibility index (Phi) is 6.49. The Morgan fingerprint density at radius 3 is 2.50 bits per heavy atom. The van der Waals surface area contributed by atoms with E-state index < -0.39 is 0 Å². The van der Waals surface area contributed by atoms with Crippen molar-refractivity contribution in [3.63, 3.8) is 0 Å². The average molecular weight is 396 g/mol. The molecule has 1 aliphatic carbocycles. The van der Waals surface area contributed by atoms with Crippen molar-refractivity contribution in [1.82, 2.24) is 4.98 Å². The smallest absolute Gasteiger partial charge is 0.147 e. The van der Waals surface area contributed by atoms with E-state index in [-0.39, 0.29) is 24.8 Å². The number of benzene rings is 2. The molecule has 1 atom stereocenters. The number of fused-ring (bicyclic) bond motifs is 2. The summed E-state index contributed by atoms with van der Waals surface area (Å²) in [6.45, 7) is 2.26. The molecule has 124 valence electrons. The summed E-state index contributed by atoms with van der Waals surface area (Å²) in [6, 6.07) is 21.6. The number of aromatic nitrogens is 1. The number of para-hydroxylation sites is 1. The van der Waals surface area contributed by atoms with Gasteiger partial charge in [0.1, 0.15) is 0 Å². The van der Waals surface area contributed by atoms with E-state index in [9.17, 15) is 0 Å². The minimum Gasteiger partial charge on any atom is -0.147 e. The maximum Gasteiger partial charge on any atom is -0.147 e. The molecule has 1 aliphatic rings. The van der Waals surface area contributed by atoms with E-state index in [0.29, 0.717) is 20.0 Å². The van der Waals surface area contributed by atoms with Crippen molar-refractivity contribution in [3.05, 3.63) is 77.4 Å². The summed E-state index contributed by atoms with van der Waals surface area (Å²) in [7, 11) is 0. The van der Waals surface area contributed by atoms with Gasteiger partial charge in [0.2, 0.25) is 0 Å². The molecule has 24 heavy (non-hydrogen) atoms. The zero-order chi connectivity index (χ0) is 14.9. The summed E-state index contributed by atoms with van der Waals surface area (Å²) in [4.78, 5) is 4.88. The van der Waals surface area contributed by atoms with Crippen LogP contribution in [0.2, 0.25) is 0 Å². The second kappa shape index (κ2) is 8.19. The molecule has 4 rings (SSSR count). The molecule has 0 saturated carbocycles. The minimum atomic E-state index is 0. The molecule has 1 aromatic heterocycles. The third-order valence-corrected chi connectivity index (χ3v) is 6.15. The largest absolute Gasteiger partial charge is 0.147 e. The summed E-state index contributed by atoms with van der Waals surface area (Å²) in [5.74, 6) is 0. The van der Waals surface area contributed by atoms with Crippen LogP contribution in [0.3, 0.4) is 0 Å². The van der Waals surface area contributed by atoms with Crippen LogP contribution in [0.5, 0.6) is 0 Å². The van der Waals surface area contributed by atoms with E-state index in [0.717, 1.165) is 11.9 Å². The van der Waals surface area contributed by atoms with Crippen LogP contribution in [0.4, 0.5) is 0 Å². The first kappa shape index (κ1) is 19.0. The number of hydrogen-bond acceptors (Lipinski definition) is 1. The molecule has 1 heterocycles. The first-order valence-electron chi connectivity index (χ1n) is 7.67. The van der Waals surface area contributed by atoms with E-state index in [2.05, 4.69) is 73.7 Å². The molecule has 0 saturated heterocycles. The second-order valence-electron chi connectivity index (χ2n) is 5.54. The number of allylic oxidation sites excluding steroid dienone is 1. The van der Waals surface area contributed by atoms with Gasteiger partial charge in [-0.25, -0.2) is 0 Å². The van der Waals surface area contributed by atoms with Gasteiger partial charge >= 0.3 is 137 Å². The van der Waals surface area contributed by atoms with Crippen molar-refractivity contribution in [3.8, 4) is 0 Å². The van der Waals surface area contributed by atoms with E-state index in [1.165, 1.54) is 21.1 Å². The monoisotopic (exact) mass is 395 g/mol. The maximum absolute atomic E-state index is 4.88. The third-order valence-electron chi connectivity index (χ3n) is 4.18. The Balaban J connectivity index is 0.00000104. The van der Waals surface area contributed by atoms with Crippen LogP contribution >= 0.6 is 24.8 Å². The van der Waals surface area contributed by atoms with E-state index >= 15 is 0 Å². The average Bonchev–Trinajstić information content (AvgIpc) is 2.93. The van der Waals surface area contributed by atoms with Crippen molar-refractivity contribution in [2.24, 2.45) is 0 Å². The van der Waals surface area contributed by atoms with Gasteiger partial charge in [-0.05, 0) is 0 Å². The molecule has 0 bridgehead atoms. The van der Waals surface area contributed by atoms with Crippen LogP contribution in [0, 0.1) is 0 Å². The van der Waals surface area contributed by atoms with Crippen molar-refractivity contribution in [1.29, 1.82) is 0 Å². The molecule has 0 aliphatic heterocycles. The molecule has 0 spiro atoms. The van der Waals surface area contributed by atoms with Gasteiger partial charge < -0.3 is 0 Å². The van der Waals surface area contributed by atoms with Gasteiger partial charge in [-0.2, -0.15) is 0 Å². The molecule has 0 N–H and O–H groups in total. The summed E-state index contributed by atoms with van der Waals surface area (Å²) in [5, 5.41) is 1.22. The zero-order valence-corrected chi connectivity index (χ0v) is 16.2. The molecule has 3 aromatic rings. The molecule has 0 amide bonds. The second-order valence-corrected chi connectivity index (χ2v) is 7.30. The Morgan fingerprint density at radius 1 is 0.917 bits per heavy atom. The van der Waals surface area contributed by atoms with Gasteiger partial charge in [0.05, 0.1) is 0 Å². The first-order chi connectivity index (χ1) is 10.8. The predicted octanol–water partition coefficient (Wildman–Crippen LogP) is 5.33. The van der Waals surface area contributed by atoms with Gasteiger partial charge in [-0.15, -0.1) is 24.8 Å². The SMILES string of the molecule is CCC1=Cc2ccccc2[CH]1[Cr][c]1ccc2ccccc2n1.Cl.Cl. The van der Waals surface area contributed by atoms with Crippen molar-refractivity contribution in [2.75, 3.05) is 0 Å². The number of pyridine rings is 1. The fourth-order valence-corrected chi connectivity index (χ4v) is 4.99. The van der Waals surface area contributed by atoms with Gasteiger partial charge in [-0.1, -0.05) is 0 Å². The van der Waals surface area contributed by atoms with E-state index in [4.69, 9.17) is 4.98 Å². The fourth-order valence-electron chi connectivity index (χ4n) is 3.02. The number of halogens is 2. The molecule has 0 fully saturated rings. The Morgan fingerprint density at radius 2 is 1.67 bits per heavy atom. The molecule has 4 heteroatoms. The molecule has 1 unspecified atom stereocenters. The molecule has 1 nitrogen and oxygen atoms in total. The van der Waals surface area contributed by atoms with Crippen LogP contribution < -0.4 is 4.56 Å². The van der Waals surface area contributed by atoms with Crippen LogP contribution in [-0.2, 0) is 15.2 Å². The third kappa shape index (κ3) is 3.53. The molecule has 0 radical (unpaired) electrons. The van der Waals surface area contributed by atoms with Crippen LogP contribution in [0.25, 0.3) is 17.0 Å². The Labute approximate surface area is 161 Å². The van der Waals surface area contributed by atoms with Gasteiger partial charge in [0.15, 0.2) is 0 Å². The van der Waals surface area contributed by atoms with Crippen molar-refractivity contribution in [2.45, 2.75) is 18.1 Å². The topological polar surface area (TPSA) is 12.9 Å². The molecular formula is C20H19Cl2CrN. The molecule has 2 aromatic carbocycles.